The molecule has 1 aliphatic heterocycles. The first-order valence-electron chi connectivity index (χ1n) is 10.9. The van der Waals surface area contributed by atoms with Gasteiger partial charge in [0.2, 0.25) is 0 Å². The van der Waals surface area contributed by atoms with Crippen LogP contribution in [0.4, 0.5) is 40.8 Å². The third-order valence-corrected chi connectivity index (χ3v) is 5.63. The second kappa shape index (κ2) is 9.49. The minimum atomic E-state index is -5.32. The zero-order chi connectivity index (χ0) is 28.1. The fourth-order valence-electron chi connectivity index (χ4n) is 3.85. The second-order valence-corrected chi connectivity index (χ2v) is 8.16. The lowest BCUT2D eigenvalue weighted by Gasteiger charge is -2.14. The molecule has 3 aromatic carbocycles. The summed E-state index contributed by atoms with van der Waals surface area (Å²) in [5.41, 5.74) is -4.12. The van der Waals surface area contributed by atoms with Gasteiger partial charge in [-0.2, -0.15) is 28.4 Å². The number of benzene rings is 3. The van der Waals surface area contributed by atoms with E-state index < -0.39 is 58.1 Å². The van der Waals surface area contributed by atoms with Gasteiger partial charge >= 0.3 is 6.18 Å². The Morgan fingerprint density at radius 2 is 1.44 bits per heavy atom. The first kappa shape index (κ1) is 25.8. The van der Waals surface area contributed by atoms with Crippen molar-refractivity contribution in [3.8, 4) is 16.9 Å². The van der Waals surface area contributed by atoms with E-state index in [1.54, 1.807) is 30.3 Å². The summed E-state index contributed by atoms with van der Waals surface area (Å²) in [6, 6.07) is 12.9. The summed E-state index contributed by atoms with van der Waals surface area (Å²) >= 11 is 0. The maximum atomic E-state index is 14.4. The molecule has 39 heavy (non-hydrogen) atoms. The number of amides is 1. The maximum absolute atomic E-state index is 14.4. The zero-order valence-electron chi connectivity index (χ0n) is 19.1. The van der Waals surface area contributed by atoms with Crippen LogP contribution in [0.3, 0.4) is 0 Å². The average Bonchev–Trinajstić information content (AvgIpc) is 3.46. The van der Waals surface area contributed by atoms with Crippen LogP contribution in [-0.2, 0) is 4.79 Å². The smallest absolute Gasteiger partial charge is 0.267 e. The quantitative estimate of drug-likeness (QED) is 0.164. The van der Waals surface area contributed by atoms with Crippen LogP contribution in [0.15, 0.2) is 77.5 Å². The number of carbonyl (C=O) groups is 1. The van der Waals surface area contributed by atoms with Gasteiger partial charge in [0.15, 0.2) is 29.0 Å². The Morgan fingerprint density at radius 3 is 2.03 bits per heavy atom. The fourth-order valence-corrected chi connectivity index (χ4v) is 3.85. The van der Waals surface area contributed by atoms with Crippen LogP contribution in [0.25, 0.3) is 23.0 Å². The van der Waals surface area contributed by atoms with Crippen LogP contribution in [0, 0.1) is 29.1 Å². The van der Waals surface area contributed by atoms with Crippen molar-refractivity contribution in [2.75, 3.05) is 5.01 Å². The number of anilines is 1. The van der Waals surface area contributed by atoms with Crippen molar-refractivity contribution in [2.45, 2.75) is 6.18 Å². The van der Waals surface area contributed by atoms with E-state index in [1.807, 2.05) is 0 Å². The van der Waals surface area contributed by atoms with Gasteiger partial charge in [-0.25, -0.2) is 26.6 Å². The molecule has 1 aromatic heterocycles. The van der Waals surface area contributed by atoms with Gasteiger partial charge in [-0.3, -0.25) is 4.79 Å². The Bertz CT molecular complexity index is 1630. The first-order valence-corrected chi connectivity index (χ1v) is 10.9. The van der Waals surface area contributed by atoms with Crippen LogP contribution in [0.5, 0.6) is 0 Å². The minimum Gasteiger partial charge on any atom is -0.267 e. The van der Waals surface area contributed by atoms with E-state index in [1.165, 1.54) is 23.0 Å². The van der Waals surface area contributed by atoms with Gasteiger partial charge in [0.25, 0.3) is 5.91 Å². The summed E-state index contributed by atoms with van der Waals surface area (Å²) in [5, 5.41) is 6.95. The van der Waals surface area contributed by atoms with Gasteiger partial charge in [-0.1, -0.05) is 18.2 Å². The molecule has 2 heterocycles. The molecule has 0 spiro atoms. The SMILES string of the molecule is O=C1/C(=C\c2cn(-c3ccccc3)nc2-c2ccc(F)cc2)C(C(F)(F)F)=NN1c1c(F)c(F)cc(F)c1F. The summed E-state index contributed by atoms with van der Waals surface area (Å²) in [6.07, 6.45) is -3.32. The molecule has 0 N–H and O–H groups in total. The van der Waals surface area contributed by atoms with Crippen LogP contribution < -0.4 is 5.01 Å². The summed E-state index contributed by atoms with van der Waals surface area (Å²) in [6.45, 7) is 0. The highest BCUT2D eigenvalue weighted by molar-refractivity contribution is 6.34. The third kappa shape index (κ3) is 4.67. The zero-order valence-corrected chi connectivity index (χ0v) is 19.1. The van der Waals surface area contributed by atoms with Gasteiger partial charge in [-0.15, -0.1) is 0 Å². The van der Waals surface area contributed by atoms with E-state index in [-0.39, 0.29) is 27.9 Å². The second-order valence-electron chi connectivity index (χ2n) is 8.16. The molecule has 1 aliphatic rings. The first-order chi connectivity index (χ1) is 18.5. The highest BCUT2D eigenvalue weighted by Crippen LogP contribution is 2.37. The van der Waals surface area contributed by atoms with E-state index in [2.05, 4.69) is 10.2 Å². The molecule has 0 bridgehead atoms. The molecular weight excluding hydrogens is 536 g/mol. The lowest BCUT2D eigenvalue weighted by molar-refractivity contribution is -0.114. The largest absolute Gasteiger partial charge is 0.435 e. The standard InChI is InChI=1S/C26H12F8N4O/c27-15-8-6-13(7-9-15)22-14(12-37(35-22)16-4-2-1-3-5-16)10-17-24(26(32,33)34)36-38(25(17)39)23-20(30)18(28)11-19(29)21(23)31/h1-12H/b17-10-. The average molecular weight is 548 g/mol. The topological polar surface area (TPSA) is 50.5 Å². The van der Waals surface area contributed by atoms with Gasteiger partial charge < -0.3 is 0 Å². The predicted octanol–water partition coefficient (Wildman–Crippen LogP) is 6.58. The minimum absolute atomic E-state index is 0.0216. The molecule has 0 saturated carbocycles. The molecule has 0 saturated heterocycles. The highest BCUT2D eigenvalue weighted by atomic mass is 19.4. The fraction of sp³-hybridized carbons (Fsp3) is 0.0385. The number of hydrazone groups is 1. The normalized spacial score (nSPS) is 14.9. The molecule has 13 heteroatoms. The molecule has 5 nitrogen and oxygen atoms in total. The molecule has 0 aliphatic carbocycles. The summed E-state index contributed by atoms with van der Waals surface area (Å²) in [5.74, 6) is -10.4. The molecule has 5 rings (SSSR count). The van der Waals surface area contributed by atoms with Gasteiger partial charge in [0, 0.05) is 23.4 Å². The third-order valence-electron chi connectivity index (χ3n) is 5.63. The number of halogens is 8. The Morgan fingerprint density at radius 1 is 0.821 bits per heavy atom. The van der Waals surface area contributed by atoms with E-state index in [4.69, 9.17) is 0 Å². The number of para-hydroxylation sites is 1. The monoisotopic (exact) mass is 548 g/mol. The molecule has 0 atom stereocenters. The Kier molecular flexibility index (Phi) is 6.29. The van der Waals surface area contributed by atoms with Crippen molar-refractivity contribution in [1.29, 1.82) is 0 Å². The van der Waals surface area contributed by atoms with Crippen LogP contribution >= 0.6 is 0 Å². The van der Waals surface area contributed by atoms with Gasteiger partial charge in [0.05, 0.1) is 17.0 Å². The van der Waals surface area contributed by atoms with Gasteiger partial charge in [0.1, 0.15) is 11.5 Å². The molecule has 0 radical (unpaired) electrons. The van der Waals surface area contributed by atoms with Crippen molar-refractivity contribution in [2.24, 2.45) is 5.10 Å². The Hall–Kier alpha value is -4.81. The molecule has 0 unspecified atom stereocenters. The number of alkyl halides is 3. The number of rotatable bonds is 4. The summed E-state index contributed by atoms with van der Waals surface area (Å²) in [7, 11) is 0. The van der Waals surface area contributed by atoms with E-state index >= 15 is 0 Å². The van der Waals surface area contributed by atoms with Crippen LogP contribution in [-0.4, -0.2) is 27.6 Å². The maximum Gasteiger partial charge on any atom is 0.435 e. The lowest BCUT2D eigenvalue weighted by atomic mass is 10.0. The van der Waals surface area contributed by atoms with Crippen molar-refractivity contribution in [3.05, 3.63) is 107 Å². The van der Waals surface area contributed by atoms with Crippen LogP contribution in [0.1, 0.15) is 5.56 Å². The van der Waals surface area contributed by atoms with Crippen molar-refractivity contribution < 1.29 is 39.9 Å². The van der Waals surface area contributed by atoms with Gasteiger partial charge in [-0.05, 0) is 42.5 Å². The Balaban J connectivity index is 1.70. The van der Waals surface area contributed by atoms with E-state index in [0.717, 1.165) is 18.2 Å². The van der Waals surface area contributed by atoms with E-state index in [9.17, 15) is 39.9 Å². The molecule has 1 amide bonds. The number of hydrogen-bond donors (Lipinski definition) is 0. The number of nitrogens with zero attached hydrogens (tertiary/aromatic N) is 4. The number of hydrogen-bond acceptors (Lipinski definition) is 3. The number of carbonyl (C=O) groups excluding carboxylic acids is 1. The molecule has 4 aromatic rings. The summed E-state index contributed by atoms with van der Waals surface area (Å²) < 4.78 is 113. The van der Waals surface area contributed by atoms with Crippen LogP contribution in [0.2, 0.25) is 0 Å². The molecule has 198 valence electrons. The van der Waals surface area contributed by atoms with Crippen molar-refractivity contribution >= 4 is 23.4 Å². The predicted molar refractivity (Wildman–Crippen MR) is 124 cm³/mol. The van der Waals surface area contributed by atoms with Crippen molar-refractivity contribution in [1.82, 2.24) is 9.78 Å². The van der Waals surface area contributed by atoms with Crippen molar-refractivity contribution in [3.63, 3.8) is 0 Å². The van der Waals surface area contributed by atoms with E-state index in [0.29, 0.717) is 5.69 Å². The molecule has 0 fully saturated rings. The lowest BCUT2D eigenvalue weighted by Crippen LogP contribution is -2.26. The number of aromatic nitrogens is 2. The Labute approximate surface area is 213 Å². The summed E-state index contributed by atoms with van der Waals surface area (Å²) in [4.78, 5) is 13.1. The highest BCUT2D eigenvalue weighted by Gasteiger charge is 2.48. The molecular formula is C26H12F8N4O.